The third-order valence-corrected chi connectivity index (χ3v) is 4.24. The van der Waals surface area contributed by atoms with Gasteiger partial charge in [-0.1, -0.05) is 77.2 Å². The fourth-order valence-corrected chi connectivity index (χ4v) is 2.67. The number of hydrogen-bond acceptors (Lipinski definition) is 4. The molecule has 2 atom stereocenters. The predicted molar refractivity (Wildman–Crippen MR) is 100 cm³/mol. The molecule has 0 aromatic carbocycles. The number of ether oxygens (including phenoxy) is 3. The zero-order chi connectivity index (χ0) is 17.9. The number of hydrogen-bond donors (Lipinski definition) is 1. The zero-order valence-electron chi connectivity index (χ0n) is 16.0. The molecule has 0 saturated carbocycles. The van der Waals surface area contributed by atoms with Gasteiger partial charge in [0.05, 0.1) is 19.3 Å². The van der Waals surface area contributed by atoms with E-state index in [0.29, 0.717) is 13.2 Å². The molecule has 0 heterocycles. The van der Waals surface area contributed by atoms with Crippen LogP contribution in [-0.4, -0.2) is 44.4 Å². The molecule has 0 bridgehead atoms. The molecule has 0 aromatic rings. The predicted octanol–water partition coefficient (Wildman–Crippen LogP) is 4.85. The zero-order valence-corrected chi connectivity index (χ0v) is 16.0. The number of aliphatic hydroxyl groups excluding tert-OH is 1. The van der Waals surface area contributed by atoms with Crippen LogP contribution in [0.4, 0.5) is 0 Å². The third-order valence-electron chi connectivity index (χ3n) is 4.24. The van der Waals surface area contributed by atoms with Crippen molar-refractivity contribution in [2.24, 2.45) is 0 Å². The first-order chi connectivity index (χ1) is 11.8. The highest BCUT2D eigenvalue weighted by atomic mass is 16.7. The minimum absolute atomic E-state index is 0.162. The van der Waals surface area contributed by atoms with Crippen LogP contribution in [0.25, 0.3) is 0 Å². The van der Waals surface area contributed by atoms with Gasteiger partial charge in [-0.15, -0.1) is 6.58 Å². The minimum atomic E-state index is -0.498. The lowest BCUT2D eigenvalue weighted by Crippen LogP contribution is -2.28. The van der Waals surface area contributed by atoms with Crippen molar-refractivity contribution in [3.8, 4) is 0 Å². The lowest BCUT2D eigenvalue weighted by atomic mass is 10.0. The Hall–Kier alpha value is -0.420. The number of rotatable bonds is 19. The summed E-state index contributed by atoms with van der Waals surface area (Å²) in [4.78, 5) is 0. The minimum Gasteiger partial charge on any atom is -0.390 e. The Balaban J connectivity index is 3.47. The highest BCUT2D eigenvalue weighted by Crippen LogP contribution is 2.14. The maximum atomic E-state index is 10.2. The van der Waals surface area contributed by atoms with Crippen molar-refractivity contribution < 1.29 is 19.3 Å². The molecule has 0 aliphatic carbocycles. The van der Waals surface area contributed by atoms with Crippen molar-refractivity contribution in [1.29, 1.82) is 0 Å². The summed E-state index contributed by atoms with van der Waals surface area (Å²) in [5, 5.41) is 10.2. The molecule has 0 spiro atoms. The second-order valence-corrected chi connectivity index (χ2v) is 6.42. The SMILES string of the molecule is C=C[C@H](OCOCCOC)[C@@H](O)CCCCCCCCCCCC. The van der Waals surface area contributed by atoms with E-state index in [-0.39, 0.29) is 12.9 Å². The summed E-state index contributed by atoms with van der Waals surface area (Å²) in [6, 6.07) is 0. The van der Waals surface area contributed by atoms with Crippen LogP contribution in [0.5, 0.6) is 0 Å². The van der Waals surface area contributed by atoms with Crippen LogP contribution < -0.4 is 0 Å². The van der Waals surface area contributed by atoms with E-state index in [1.807, 2.05) is 0 Å². The van der Waals surface area contributed by atoms with E-state index in [2.05, 4.69) is 13.5 Å². The van der Waals surface area contributed by atoms with Gasteiger partial charge >= 0.3 is 0 Å². The van der Waals surface area contributed by atoms with Crippen LogP contribution in [0.15, 0.2) is 12.7 Å². The summed E-state index contributed by atoms with van der Waals surface area (Å²) in [5.41, 5.74) is 0. The Kier molecular flexibility index (Phi) is 18.6. The van der Waals surface area contributed by atoms with Crippen molar-refractivity contribution >= 4 is 0 Å². The van der Waals surface area contributed by atoms with Crippen LogP contribution in [0.1, 0.15) is 77.6 Å². The Morgan fingerprint density at radius 3 is 2.04 bits per heavy atom. The highest BCUT2D eigenvalue weighted by molar-refractivity contribution is 4.85. The molecule has 0 aliphatic heterocycles. The first-order valence-electron chi connectivity index (χ1n) is 9.75. The van der Waals surface area contributed by atoms with Crippen molar-refractivity contribution in [2.45, 2.75) is 89.8 Å². The monoisotopic (exact) mass is 344 g/mol. The molecule has 0 aliphatic rings. The molecule has 0 radical (unpaired) electrons. The largest absolute Gasteiger partial charge is 0.390 e. The standard InChI is InChI=1S/C20H40O4/c1-4-6-7-8-9-10-11-12-13-14-15-19(21)20(5-2)24-18-23-17-16-22-3/h5,19-21H,2,4,6-18H2,1,3H3/t19-,20-/m0/s1. The second-order valence-electron chi connectivity index (χ2n) is 6.42. The molecule has 0 saturated heterocycles. The Morgan fingerprint density at radius 2 is 1.50 bits per heavy atom. The highest BCUT2D eigenvalue weighted by Gasteiger charge is 2.16. The van der Waals surface area contributed by atoms with Crippen molar-refractivity contribution in [2.75, 3.05) is 27.1 Å². The number of methoxy groups -OCH3 is 1. The number of unbranched alkanes of at least 4 members (excludes halogenated alkanes) is 9. The Bertz CT molecular complexity index is 258. The van der Waals surface area contributed by atoms with Crippen LogP contribution in [0.3, 0.4) is 0 Å². The van der Waals surface area contributed by atoms with E-state index >= 15 is 0 Å². The molecule has 0 rings (SSSR count). The summed E-state index contributed by atoms with van der Waals surface area (Å²) in [7, 11) is 1.63. The van der Waals surface area contributed by atoms with Crippen LogP contribution in [0.2, 0.25) is 0 Å². The normalized spacial score (nSPS) is 13.8. The maximum Gasteiger partial charge on any atom is 0.147 e. The van der Waals surface area contributed by atoms with Crippen LogP contribution in [0, 0.1) is 0 Å². The smallest absolute Gasteiger partial charge is 0.147 e. The third kappa shape index (κ3) is 15.1. The van der Waals surface area contributed by atoms with E-state index in [4.69, 9.17) is 14.2 Å². The lowest BCUT2D eigenvalue weighted by Gasteiger charge is -2.20. The molecule has 0 amide bonds. The van der Waals surface area contributed by atoms with Gasteiger partial charge in [0.15, 0.2) is 0 Å². The maximum absolute atomic E-state index is 10.2. The quantitative estimate of drug-likeness (QED) is 0.207. The molecule has 0 fully saturated rings. The second kappa shape index (κ2) is 18.9. The van der Waals surface area contributed by atoms with Gasteiger partial charge in [0.1, 0.15) is 12.9 Å². The van der Waals surface area contributed by atoms with E-state index in [9.17, 15) is 5.11 Å². The molecule has 4 heteroatoms. The van der Waals surface area contributed by atoms with Crippen molar-refractivity contribution in [1.82, 2.24) is 0 Å². The van der Waals surface area contributed by atoms with Crippen LogP contribution >= 0.6 is 0 Å². The summed E-state index contributed by atoms with van der Waals surface area (Å²) < 4.78 is 15.6. The van der Waals surface area contributed by atoms with Gasteiger partial charge in [-0.05, 0) is 6.42 Å². The average Bonchev–Trinajstić information content (AvgIpc) is 2.59. The molecule has 24 heavy (non-hydrogen) atoms. The fourth-order valence-electron chi connectivity index (χ4n) is 2.67. The van der Waals surface area contributed by atoms with Gasteiger partial charge in [0.2, 0.25) is 0 Å². The summed E-state index contributed by atoms with van der Waals surface area (Å²) in [6.07, 6.45) is 14.5. The first kappa shape index (κ1) is 23.6. The lowest BCUT2D eigenvalue weighted by molar-refractivity contribution is -0.114. The molecular weight excluding hydrogens is 304 g/mol. The van der Waals surface area contributed by atoms with Crippen LogP contribution in [-0.2, 0) is 14.2 Å². The molecule has 144 valence electrons. The van der Waals surface area contributed by atoms with Gasteiger partial charge in [0.25, 0.3) is 0 Å². The van der Waals surface area contributed by atoms with E-state index in [0.717, 1.165) is 12.8 Å². The molecule has 4 nitrogen and oxygen atoms in total. The molecule has 0 aromatic heterocycles. The summed E-state index contributed by atoms with van der Waals surface area (Å²) in [6.45, 7) is 7.19. The van der Waals surface area contributed by atoms with E-state index < -0.39 is 6.10 Å². The van der Waals surface area contributed by atoms with Gasteiger partial charge in [-0.2, -0.15) is 0 Å². The van der Waals surface area contributed by atoms with Gasteiger partial charge in [0, 0.05) is 7.11 Å². The van der Waals surface area contributed by atoms with E-state index in [1.165, 1.54) is 57.8 Å². The van der Waals surface area contributed by atoms with E-state index in [1.54, 1.807) is 13.2 Å². The summed E-state index contributed by atoms with van der Waals surface area (Å²) in [5.74, 6) is 0. The van der Waals surface area contributed by atoms with Gasteiger partial charge in [-0.25, -0.2) is 0 Å². The Morgan fingerprint density at radius 1 is 0.917 bits per heavy atom. The molecule has 0 unspecified atom stereocenters. The molecular formula is C20H40O4. The topological polar surface area (TPSA) is 47.9 Å². The van der Waals surface area contributed by atoms with Gasteiger partial charge < -0.3 is 19.3 Å². The fraction of sp³-hybridized carbons (Fsp3) is 0.900. The summed E-state index contributed by atoms with van der Waals surface area (Å²) >= 11 is 0. The van der Waals surface area contributed by atoms with Gasteiger partial charge in [-0.3, -0.25) is 0 Å². The van der Waals surface area contributed by atoms with Crippen molar-refractivity contribution in [3.63, 3.8) is 0 Å². The van der Waals surface area contributed by atoms with Crippen molar-refractivity contribution in [3.05, 3.63) is 12.7 Å². The number of aliphatic hydroxyl groups is 1. The first-order valence-corrected chi connectivity index (χ1v) is 9.75. The average molecular weight is 345 g/mol. The molecule has 1 N–H and O–H groups in total. The Labute approximate surface area is 149 Å².